The molecule has 0 fully saturated rings. The van der Waals surface area contributed by atoms with Crippen LogP contribution in [-0.2, 0) is 29.5 Å². The topological polar surface area (TPSA) is 102 Å². The first kappa shape index (κ1) is 37.9. The van der Waals surface area contributed by atoms with Crippen molar-refractivity contribution in [3.63, 3.8) is 0 Å². The fraction of sp³-hybridized carbons (Fsp3) is 0.316. The molecule has 9 heteroatoms. The number of rotatable bonds is 16. The quantitative estimate of drug-likeness (QED) is 0.139. The van der Waals surface area contributed by atoms with E-state index in [1.165, 1.54) is 29.8 Å². The summed E-state index contributed by atoms with van der Waals surface area (Å²) >= 11 is 0. The van der Waals surface area contributed by atoms with E-state index in [-0.39, 0.29) is 33.3 Å². The van der Waals surface area contributed by atoms with E-state index in [4.69, 9.17) is 0 Å². The number of hydrogen-bond donors (Lipinski definition) is 0. The Kier molecular flexibility index (Phi) is 13.7. The largest absolute Gasteiger partial charge is 0.223 e. The minimum Gasteiger partial charge on any atom is -0.223 e. The Balaban J connectivity index is 2.00. The summed E-state index contributed by atoms with van der Waals surface area (Å²) in [4.78, 5) is 0.545. The van der Waals surface area contributed by atoms with Crippen LogP contribution in [0.2, 0.25) is 0 Å². The van der Waals surface area contributed by atoms with E-state index in [9.17, 15) is 25.3 Å². The van der Waals surface area contributed by atoms with Crippen LogP contribution >= 0.6 is 0 Å². The van der Waals surface area contributed by atoms with Gasteiger partial charge < -0.3 is 0 Å². The van der Waals surface area contributed by atoms with Gasteiger partial charge in [-0.15, -0.1) is 0 Å². The molecule has 3 aromatic rings. The van der Waals surface area contributed by atoms with Crippen molar-refractivity contribution in [2.24, 2.45) is 0 Å². The van der Waals surface area contributed by atoms with Crippen LogP contribution in [-0.4, -0.2) is 41.5 Å². The monoisotopic (exact) mass is 694 g/mol. The van der Waals surface area contributed by atoms with Crippen molar-refractivity contribution in [2.75, 3.05) is 5.75 Å². The van der Waals surface area contributed by atoms with E-state index in [0.29, 0.717) is 17.6 Å². The van der Waals surface area contributed by atoms with E-state index in [1.54, 1.807) is 98.8 Å². The predicted molar refractivity (Wildman–Crippen MR) is 192 cm³/mol. The highest BCUT2D eigenvalue weighted by atomic mass is 32.2. The molecule has 0 spiro atoms. The molecule has 2 atom stereocenters. The summed E-state index contributed by atoms with van der Waals surface area (Å²) in [6.07, 6.45) is 8.74. The normalized spacial score (nSPS) is 14.8. The molecule has 0 aliphatic carbocycles. The summed E-state index contributed by atoms with van der Waals surface area (Å²) in [5.74, 6) is -0.266. The van der Waals surface area contributed by atoms with Crippen LogP contribution in [0.15, 0.2) is 152 Å². The standard InChI is InChI=1S/C38H46O6S3/c1-30(2)16-15-17-31(3)26-37(46(41,42)35-20-11-7-12-21-35)28-33(5)29-38(47(43,44)36-22-13-8-14-23-36)27-32(4)24-25-45(39,40)34-18-9-6-10-19-34/h6-14,16,18-24,26,29,37-38H,15,17,25,27-28H2,1-5H3/b31-26+,32-24+,33-29+. The first-order valence-electron chi connectivity index (χ1n) is 15.6. The van der Waals surface area contributed by atoms with Gasteiger partial charge in [-0.05, 0) is 96.7 Å². The maximum Gasteiger partial charge on any atom is 0.185 e. The Morgan fingerprint density at radius 2 is 0.936 bits per heavy atom. The highest BCUT2D eigenvalue weighted by Crippen LogP contribution is 2.28. The average Bonchev–Trinajstić information content (AvgIpc) is 3.04. The summed E-state index contributed by atoms with van der Waals surface area (Å²) in [5.41, 5.74) is 3.34. The van der Waals surface area contributed by atoms with Gasteiger partial charge in [-0.2, -0.15) is 0 Å². The Morgan fingerprint density at radius 1 is 0.532 bits per heavy atom. The molecule has 0 amide bonds. The van der Waals surface area contributed by atoms with Crippen molar-refractivity contribution in [2.45, 2.75) is 85.5 Å². The van der Waals surface area contributed by atoms with Crippen molar-refractivity contribution < 1.29 is 25.3 Å². The van der Waals surface area contributed by atoms with Gasteiger partial charge in [-0.1, -0.05) is 101 Å². The van der Waals surface area contributed by atoms with E-state index in [0.717, 1.165) is 12.0 Å². The fourth-order valence-electron chi connectivity index (χ4n) is 5.15. The number of benzene rings is 3. The zero-order valence-corrected chi connectivity index (χ0v) is 30.3. The summed E-state index contributed by atoms with van der Waals surface area (Å²) < 4.78 is 81.5. The van der Waals surface area contributed by atoms with Gasteiger partial charge in [0.05, 0.1) is 30.9 Å². The van der Waals surface area contributed by atoms with Crippen molar-refractivity contribution in [3.8, 4) is 0 Å². The molecule has 0 saturated carbocycles. The van der Waals surface area contributed by atoms with E-state index >= 15 is 0 Å². The van der Waals surface area contributed by atoms with Gasteiger partial charge in [0, 0.05) is 0 Å². The zero-order valence-electron chi connectivity index (χ0n) is 27.8. The minimum absolute atomic E-state index is 0.0482. The van der Waals surface area contributed by atoms with Crippen molar-refractivity contribution in [3.05, 3.63) is 138 Å². The number of allylic oxidation sites excluding steroid dienone is 5. The summed E-state index contributed by atoms with van der Waals surface area (Å²) in [7, 11) is -11.3. The van der Waals surface area contributed by atoms with Gasteiger partial charge in [-0.3, -0.25) is 0 Å². The van der Waals surface area contributed by atoms with Crippen LogP contribution in [0, 0.1) is 0 Å². The van der Waals surface area contributed by atoms with E-state index in [2.05, 4.69) is 6.08 Å². The molecule has 0 saturated heterocycles. The van der Waals surface area contributed by atoms with Crippen molar-refractivity contribution in [1.29, 1.82) is 0 Å². The molecular formula is C38H46O6S3. The molecule has 0 bridgehead atoms. The van der Waals surface area contributed by atoms with Gasteiger partial charge in [0.15, 0.2) is 29.5 Å². The summed E-state index contributed by atoms with van der Waals surface area (Å²) in [5, 5.41) is -1.94. The summed E-state index contributed by atoms with van der Waals surface area (Å²) in [6, 6.07) is 24.5. The van der Waals surface area contributed by atoms with Gasteiger partial charge in [0.2, 0.25) is 0 Å². The first-order chi connectivity index (χ1) is 22.1. The SMILES string of the molecule is CC(C)=CCC/C(C)=C/C(C/C(C)=C/C(C/C(C)=C/CS(=O)(=O)c1ccccc1)S(=O)(=O)c1ccccc1)S(=O)(=O)c1ccccc1. The molecule has 0 aromatic heterocycles. The summed E-state index contributed by atoms with van der Waals surface area (Å²) in [6.45, 7) is 9.44. The number of hydrogen-bond acceptors (Lipinski definition) is 6. The Bertz CT molecular complexity index is 1920. The lowest BCUT2D eigenvalue weighted by Gasteiger charge is -2.19. The van der Waals surface area contributed by atoms with Crippen LogP contribution < -0.4 is 0 Å². The van der Waals surface area contributed by atoms with E-state index < -0.39 is 40.0 Å². The zero-order chi connectivity index (χ0) is 34.7. The van der Waals surface area contributed by atoms with Crippen molar-refractivity contribution in [1.82, 2.24) is 0 Å². The number of sulfone groups is 3. The molecule has 47 heavy (non-hydrogen) atoms. The van der Waals surface area contributed by atoms with Crippen LogP contribution in [0.4, 0.5) is 0 Å². The fourth-order valence-corrected chi connectivity index (χ4v) is 9.98. The molecule has 0 aliphatic rings. The lowest BCUT2D eigenvalue weighted by Crippen LogP contribution is -2.23. The molecule has 0 radical (unpaired) electrons. The second-order valence-electron chi connectivity index (χ2n) is 12.2. The maximum absolute atomic E-state index is 14.0. The lowest BCUT2D eigenvalue weighted by molar-refractivity contribution is 0.586. The second-order valence-corrected chi connectivity index (χ2v) is 18.6. The van der Waals surface area contributed by atoms with Crippen LogP contribution in [0.1, 0.15) is 60.3 Å². The van der Waals surface area contributed by atoms with Gasteiger partial charge in [0.1, 0.15) is 0 Å². The molecule has 3 rings (SSSR count). The van der Waals surface area contributed by atoms with Crippen LogP contribution in [0.5, 0.6) is 0 Å². The Morgan fingerprint density at radius 3 is 1.38 bits per heavy atom. The smallest absolute Gasteiger partial charge is 0.185 e. The molecule has 0 aliphatic heterocycles. The molecule has 3 aromatic carbocycles. The molecule has 6 nitrogen and oxygen atoms in total. The highest BCUT2D eigenvalue weighted by molar-refractivity contribution is 7.92. The molecule has 0 heterocycles. The molecule has 252 valence electrons. The van der Waals surface area contributed by atoms with Crippen LogP contribution in [0.3, 0.4) is 0 Å². The van der Waals surface area contributed by atoms with Gasteiger partial charge in [-0.25, -0.2) is 25.3 Å². The molecule has 2 unspecified atom stereocenters. The third-order valence-electron chi connectivity index (χ3n) is 7.77. The average molecular weight is 695 g/mol. The highest BCUT2D eigenvalue weighted by Gasteiger charge is 2.29. The van der Waals surface area contributed by atoms with Gasteiger partial charge in [0.25, 0.3) is 0 Å². The third kappa shape index (κ3) is 11.3. The minimum atomic E-state index is -3.90. The van der Waals surface area contributed by atoms with Crippen molar-refractivity contribution >= 4 is 29.5 Å². The van der Waals surface area contributed by atoms with E-state index in [1.807, 2.05) is 20.8 Å². The Labute approximate surface area is 282 Å². The van der Waals surface area contributed by atoms with Gasteiger partial charge >= 0.3 is 0 Å². The lowest BCUT2D eigenvalue weighted by atomic mass is 10.0. The first-order valence-corrected chi connectivity index (χ1v) is 20.4. The third-order valence-corrected chi connectivity index (χ3v) is 13.4. The molecule has 0 N–H and O–H groups in total. The second kappa shape index (κ2) is 17.0. The predicted octanol–water partition coefficient (Wildman–Crippen LogP) is 8.51. The maximum atomic E-state index is 14.0. The Hall–Kier alpha value is -3.53. The molecular weight excluding hydrogens is 649 g/mol. The van der Waals surface area contributed by atoms with Crippen LogP contribution in [0.25, 0.3) is 0 Å².